The molecule has 0 radical (unpaired) electrons. The normalized spacial score (nSPS) is 16.7. The predicted molar refractivity (Wildman–Crippen MR) is 55.0 cm³/mol. The van der Waals surface area contributed by atoms with Gasteiger partial charge in [-0.15, -0.1) is 5.46 Å². The van der Waals surface area contributed by atoms with Crippen LogP contribution in [0.25, 0.3) is 0 Å². The van der Waals surface area contributed by atoms with Crippen LogP contribution >= 0.6 is 0 Å². The highest BCUT2D eigenvalue weighted by Crippen LogP contribution is 2.19. The zero-order valence-electron chi connectivity index (χ0n) is 8.22. The topological polar surface area (TPSA) is 12.0 Å². The lowest BCUT2D eigenvalue weighted by atomic mass is 9.79. The summed E-state index contributed by atoms with van der Waals surface area (Å²) in [5.74, 6) is 0. The molecule has 1 aromatic carbocycles. The van der Waals surface area contributed by atoms with E-state index in [9.17, 15) is 12.9 Å². The Hall–Kier alpha value is -0.965. The molecule has 0 amide bonds. The summed E-state index contributed by atoms with van der Waals surface area (Å²) in [6.07, 6.45) is 2.28. The summed E-state index contributed by atoms with van der Waals surface area (Å²) in [7, 11) is 0. The number of hydrogen-bond donors (Lipinski definition) is 1. The number of hydrogen-bond acceptors (Lipinski definition) is 1. The maximum Gasteiger partial charge on any atom is 0.509 e. The summed E-state index contributed by atoms with van der Waals surface area (Å²) in [6.45, 7) is -4.33. The molecule has 1 fully saturated rings. The van der Waals surface area contributed by atoms with Crippen molar-refractivity contribution in [2.75, 3.05) is 0 Å². The minimum Gasteiger partial charge on any atom is -0.445 e. The van der Waals surface area contributed by atoms with Crippen molar-refractivity contribution in [3.8, 4) is 0 Å². The van der Waals surface area contributed by atoms with Gasteiger partial charge in [-0.25, -0.2) is 0 Å². The summed E-state index contributed by atoms with van der Waals surface area (Å²) in [6, 6.07) is 6.07. The second-order valence-electron chi connectivity index (χ2n) is 3.97. The summed E-state index contributed by atoms with van der Waals surface area (Å²) in [5.41, 5.74) is 0.198. The van der Waals surface area contributed by atoms with Gasteiger partial charge in [-0.05, 0) is 18.4 Å². The van der Waals surface area contributed by atoms with E-state index in [0.29, 0.717) is 18.2 Å². The highest BCUT2D eigenvalue weighted by Gasteiger charge is 2.25. The molecule has 0 unspecified atom stereocenters. The van der Waals surface area contributed by atoms with Crippen LogP contribution in [0.5, 0.6) is 0 Å². The number of halogens is 3. The number of benzene rings is 1. The first-order valence-corrected chi connectivity index (χ1v) is 5.08. The summed E-state index contributed by atoms with van der Waals surface area (Å²) in [5, 5.41) is 3.19. The maximum absolute atomic E-state index is 12.4. The minimum absolute atomic E-state index is 0.509. The van der Waals surface area contributed by atoms with Gasteiger partial charge in [0.25, 0.3) is 0 Å². The van der Waals surface area contributed by atoms with Gasteiger partial charge in [0.2, 0.25) is 0 Å². The monoisotopic (exact) mass is 214 g/mol. The zero-order chi connectivity index (χ0) is 10.9. The van der Waals surface area contributed by atoms with E-state index < -0.39 is 12.4 Å². The van der Waals surface area contributed by atoms with Gasteiger partial charge in [-0.2, -0.15) is 0 Å². The fraction of sp³-hybridized carbons (Fsp3) is 0.400. The van der Waals surface area contributed by atoms with E-state index in [2.05, 4.69) is 5.32 Å². The SMILES string of the molecule is F[B-](F)(F)c1cccc(CNC2CC2)c1. The van der Waals surface area contributed by atoms with Crippen molar-refractivity contribution in [2.24, 2.45) is 0 Å². The van der Waals surface area contributed by atoms with Gasteiger partial charge >= 0.3 is 6.98 Å². The third-order valence-corrected chi connectivity index (χ3v) is 2.50. The zero-order valence-corrected chi connectivity index (χ0v) is 8.22. The second-order valence-corrected chi connectivity index (χ2v) is 3.97. The van der Waals surface area contributed by atoms with Gasteiger partial charge in [-0.3, -0.25) is 0 Å². The Morgan fingerprint density at radius 2 is 2.00 bits per heavy atom. The first kappa shape index (κ1) is 10.5. The first-order chi connectivity index (χ1) is 7.05. The Bertz CT molecular complexity index is 347. The van der Waals surface area contributed by atoms with Crippen LogP contribution in [0.15, 0.2) is 24.3 Å². The Kier molecular flexibility index (Phi) is 2.73. The molecule has 0 saturated heterocycles. The van der Waals surface area contributed by atoms with Crippen LogP contribution in [-0.4, -0.2) is 13.0 Å². The van der Waals surface area contributed by atoms with Gasteiger partial charge in [0.1, 0.15) is 0 Å². The van der Waals surface area contributed by atoms with Crippen molar-refractivity contribution in [3.05, 3.63) is 29.8 Å². The third-order valence-electron chi connectivity index (χ3n) is 2.50. The minimum atomic E-state index is -4.87. The standard InChI is InChI=1S/C10H12BF3N/c12-11(13,14)9-3-1-2-8(6-9)7-15-10-4-5-10/h1-3,6,10,15H,4-5,7H2/q-1. The van der Waals surface area contributed by atoms with Crippen LogP contribution in [-0.2, 0) is 6.54 Å². The van der Waals surface area contributed by atoms with Gasteiger partial charge in [0.05, 0.1) is 0 Å². The first-order valence-electron chi connectivity index (χ1n) is 5.08. The molecular weight excluding hydrogens is 202 g/mol. The molecule has 1 aromatic rings. The Morgan fingerprint density at radius 3 is 2.60 bits per heavy atom. The second kappa shape index (κ2) is 3.89. The lowest BCUT2D eigenvalue weighted by Crippen LogP contribution is -2.34. The molecule has 0 atom stereocenters. The maximum atomic E-state index is 12.4. The molecule has 1 aliphatic rings. The molecular formula is C10H12BF3N-. The summed E-state index contributed by atoms with van der Waals surface area (Å²) < 4.78 is 37.3. The van der Waals surface area contributed by atoms with E-state index in [1.54, 1.807) is 6.07 Å². The molecule has 0 bridgehead atoms. The number of rotatable bonds is 4. The molecule has 1 N–H and O–H groups in total. The Balaban J connectivity index is 2.04. The smallest absolute Gasteiger partial charge is 0.445 e. The summed E-state index contributed by atoms with van der Waals surface area (Å²) >= 11 is 0. The van der Waals surface area contributed by atoms with Crippen molar-refractivity contribution in [2.45, 2.75) is 25.4 Å². The highest BCUT2D eigenvalue weighted by atomic mass is 19.4. The van der Waals surface area contributed by atoms with Gasteiger partial charge in [0.15, 0.2) is 0 Å². The van der Waals surface area contributed by atoms with Crippen LogP contribution in [0.4, 0.5) is 12.9 Å². The van der Waals surface area contributed by atoms with E-state index in [1.165, 1.54) is 12.1 Å². The molecule has 2 rings (SSSR count). The molecule has 0 aromatic heterocycles. The molecule has 0 spiro atoms. The largest absolute Gasteiger partial charge is 0.509 e. The molecule has 1 saturated carbocycles. The lowest BCUT2D eigenvalue weighted by Gasteiger charge is -2.15. The van der Waals surface area contributed by atoms with Gasteiger partial charge < -0.3 is 18.3 Å². The van der Waals surface area contributed by atoms with Crippen LogP contribution in [0, 0.1) is 0 Å². The lowest BCUT2D eigenvalue weighted by molar-refractivity contribution is 0.501. The molecule has 15 heavy (non-hydrogen) atoms. The average Bonchev–Trinajstić information content (AvgIpc) is 2.97. The van der Waals surface area contributed by atoms with Crippen molar-refractivity contribution >= 4 is 12.4 Å². The van der Waals surface area contributed by atoms with E-state index >= 15 is 0 Å². The Morgan fingerprint density at radius 1 is 1.27 bits per heavy atom. The predicted octanol–water partition coefficient (Wildman–Crippen LogP) is 1.99. The van der Waals surface area contributed by atoms with E-state index in [-0.39, 0.29) is 0 Å². The molecule has 1 aliphatic carbocycles. The van der Waals surface area contributed by atoms with Crippen LogP contribution in [0.3, 0.4) is 0 Å². The van der Waals surface area contributed by atoms with E-state index in [0.717, 1.165) is 18.9 Å². The van der Waals surface area contributed by atoms with E-state index in [1.807, 2.05) is 0 Å². The molecule has 5 heteroatoms. The molecule has 0 aliphatic heterocycles. The van der Waals surface area contributed by atoms with Crippen LogP contribution in [0.2, 0.25) is 0 Å². The van der Waals surface area contributed by atoms with Crippen LogP contribution in [0.1, 0.15) is 18.4 Å². The van der Waals surface area contributed by atoms with Crippen molar-refractivity contribution in [1.82, 2.24) is 5.32 Å². The van der Waals surface area contributed by atoms with Gasteiger partial charge in [-0.1, -0.05) is 24.3 Å². The van der Waals surface area contributed by atoms with Crippen molar-refractivity contribution < 1.29 is 12.9 Å². The van der Waals surface area contributed by atoms with E-state index in [4.69, 9.17) is 0 Å². The fourth-order valence-corrected chi connectivity index (χ4v) is 1.46. The molecule has 1 nitrogen and oxygen atoms in total. The van der Waals surface area contributed by atoms with Crippen LogP contribution < -0.4 is 10.8 Å². The Labute approximate surface area is 86.7 Å². The van der Waals surface area contributed by atoms with Gasteiger partial charge in [0, 0.05) is 12.6 Å². The third kappa shape index (κ3) is 2.99. The fourth-order valence-electron chi connectivity index (χ4n) is 1.46. The highest BCUT2D eigenvalue weighted by molar-refractivity contribution is 6.73. The van der Waals surface area contributed by atoms with Crippen molar-refractivity contribution in [3.63, 3.8) is 0 Å². The summed E-state index contributed by atoms with van der Waals surface area (Å²) in [4.78, 5) is 0. The molecule has 82 valence electrons. The molecule has 0 heterocycles. The number of nitrogens with one attached hydrogen (secondary N) is 1. The average molecular weight is 214 g/mol. The van der Waals surface area contributed by atoms with Crippen molar-refractivity contribution in [1.29, 1.82) is 0 Å². The quantitative estimate of drug-likeness (QED) is 0.755.